The third-order valence-electron chi connectivity index (χ3n) is 1.86. The number of carbonyl (C=O) groups is 1. The van der Waals surface area contributed by atoms with Crippen LogP contribution in [0.4, 0.5) is 0 Å². The van der Waals surface area contributed by atoms with Crippen molar-refractivity contribution < 1.29 is 4.79 Å². The fraction of sp³-hybridized carbons (Fsp3) is 0.300. The van der Waals surface area contributed by atoms with Crippen molar-refractivity contribution in [3.8, 4) is 0 Å². The van der Waals surface area contributed by atoms with E-state index in [-0.39, 0.29) is 5.91 Å². The van der Waals surface area contributed by atoms with Gasteiger partial charge in [0, 0.05) is 17.6 Å². The Morgan fingerprint density at radius 1 is 1.46 bits per heavy atom. The molecule has 1 rings (SSSR count). The van der Waals surface area contributed by atoms with Crippen molar-refractivity contribution in [2.45, 2.75) is 13.3 Å². The Bertz CT molecular complexity index is 323. The standard InChI is InChI=1S/C10H12ClNO/c1-3-7-4-8(10(13)12-2)6-9(11)5-7/h4-6H,3H2,1-2H3,(H,12,13). The summed E-state index contributed by atoms with van der Waals surface area (Å²) in [5, 5.41) is 3.17. The molecule has 0 aromatic heterocycles. The van der Waals surface area contributed by atoms with Crippen molar-refractivity contribution in [2.24, 2.45) is 0 Å². The Kier molecular flexibility index (Phi) is 3.32. The van der Waals surface area contributed by atoms with Crippen LogP contribution in [0.2, 0.25) is 5.02 Å². The van der Waals surface area contributed by atoms with Crippen LogP contribution in [0.3, 0.4) is 0 Å². The molecule has 0 aliphatic rings. The second-order valence-corrected chi connectivity index (χ2v) is 3.22. The highest BCUT2D eigenvalue weighted by atomic mass is 35.5. The molecule has 70 valence electrons. The summed E-state index contributed by atoms with van der Waals surface area (Å²) in [5.74, 6) is -0.0998. The molecule has 2 nitrogen and oxygen atoms in total. The van der Waals surface area contributed by atoms with Gasteiger partial charge in [-0.25, -0.2) is 0 Å². The van der Waals surface area contributed by atoms with Crippen molar-refractivity contribution in [1.82, 2.24) is 5.32 Å². The van der Waals surface area contributed by atoms with Crippen molar-refractivity contribution in [2.75, 3.05) is 7.05 Å². The lowest BCUT2D eigenvalue weighted by molar-refractivity contribution is 0.0963. The van der Waals surface area contributed by atoms with Gasteiger partial charge in [0.2, 0.25) is 0 Å². The molecule has 0 spiro atoms. The Hall–Kier alpha value is -1.02. The SMILES string of the molecule is CCc1cc(Cl)cc(C(=O)NC)c1. The van der Waals surface area contributed by atoms with E-state index in [9.17, 15) is 4.79 Å². The number of hydrogen-bond donors (Lipinski definition) is 1. The van der Waals surface area contributed by atoms with Gasteiger partial charge in [-0.15, -0.1) is 0 Å². The molecule has 0 bridgehead atoms. The normalized spacial score (nSPS) is 9.77. The fourth-order valence-electron chi connectivity index (χ4n) is 1.13. The van der Waals surface area contributed by atoms with Crippen LogP contribution in [-0.4, -0.2) is 13.0 Å². The predicted molar refractivity (Wildman–Crippen MR) is 54.2 cm³/mol. The predicted octanol–water partition coefficient (Wildman–Crippen LogP) is 2.26. The molecule has 0 saturated carbocycles. The summed E-state index contributed by atoms with van der Waals surface area (Å²) in [4.78, 5) is 11.3. The molecule has 0 heterocycles. The number of benzene rings is 1. The molecule has 1 aromatic rings. The van der Waals surface area contributed by atoms with Crippen LogP contribution in [0.5, 0.6) is 0 Å². The van der Waals surface area contributed by atoms with Gasteiger partial charge in [0.1, 0.15) is 0 Å². The third-order valence-corrected chi connectivity index (χ3v) is 2.07. The van der Waals surface area contributed by atoms with Gasteiger partial charge in [-0.3, -0.25) is 4.79 Å². The van der Waals surface area contributed by atoms with Gasteiger partial charge in [0.25, 0.3) is 5.91 Å². The molecular formula is C10H12ClNO. The largest absolute Gasteiger partial charge is 0.355 e. The van der Waals surface area contributed by atoms with Crippen molar-refractivity contribution in [3.05, 3.63) is 34.3 Å². The maximum atomic E-state index is 11.3. The Balaban J connectivity index is 3.08. The Morgan fingerprint density at radius 2 is 2.15 bits per heavy atom. The van der Waals surface area contributed by atoms with Crippen LogP contribution in [0.1, 0.15) is 22.8 Å². The van der Waals surface area contributed by atoms with Gasteiger partial charge in [-0.05, 0) is 30.2 Å². The van der Waals surface area contributed by atoms with Gasteiger partial charge < -0.3 is 5.32 Å². The highest BCUT2D eigenvalue weighted by Crippen LogP contribution is 2.15. The summed E-state index contributed by atoms with van der Waals surface area (Å²) in [6, 6.07) is 5.39. The molecule has 0 unspecified atom stereocenters. The first-order valence-corrected chi connectivity index (χ1v) is 4.56. The maximum Gasteiger partial charge on any atom is 0.251 e. The molecule has 0 saturated heterocycles. The first-order valence-electron chi connectivity index (χ1n) is 4.19. The first kappa shape index (κ1) is 10.1. The van der Waals surface area contributed by atoms with Crippen LogP contribution in [0.15, 0.2) is 18.2 Å². The average molecular weight is 198 g/mol. The molecule has 0 aliphatic heterocycles. The molecule has 0 atom stereocenters. The minimum atomic E-state index is -0.0998. The van der Waals surface area contributed by atoms with Gasteiger partial charge in [0.05, 0.1) is 0 Å². The maximum absolute atomic E-state index is 11.3. The van der Waals surface area contributed by atoms with Gasteiger partial charge in [0.15, 0.2) is 0 Å². The highest BCUT2D eigenvalue weighted by Gasteiger charge is 2.04. The van der Waals surface area contributed by atoms with Crippen LogP contribution in [0, 0.1) is 0 Å². The van der Waals surface area contributed by atoms with E-state index in [1.807, 2.05) is 19.1 Å². The van der Waals surface area contributed by atoms with E-state index >= 15 is 0 Å². The number of amides is 1. The molecule has 1 amide bonds. The number of hydrogen-bond acceptors (Lipinski definition) is 1. The minimum absolute atomic E-state index is 0.0998. The summed E-state index contributed by atoms with van der Waals surface area (Å²) in [7, 11) is 1.61. The van der Waals surface area contributed by atoms with E-state index in [0.29, 0.717) is 10.6 Å². The quantitative estimate of drug-likeness (QED) is 0.775. The molecule has 3 heteroatoms. The number of nitrogens with one attached hydrogen (secondary N) is 1. The number of aryl methyl sites for hydroxylation is 1. The minimum Gasteiger partial charge on any atom is -0.355 e. The Labute approximate surface area is 82.9 Å². The van der Waals surface area contributed by atoms with Crippen molar-refractivity contribution >= 4 is 17.5 Å². The van der Waals surface area contributed by atoms with Crippen molar-refractivity contribution in [3.63, 3.8) is 0 Å². The second kappa shape index (κ2) is 4.28. The van der Waals surface area contributed by atoms with E-state index < -0.39 is 0 Å². The molecular weight excluding hydrogens is 186 g/mol. The summed E-state index contributed by atoms with van der Waals surface area (Å²) < 4.78 is 0. The molecule has 1 N–H and O–H groups in total. The summed E-state index contributed by atoms with van der Waals surface area (Å²) in [6.07, 6.45) is 0.880. The zero-order chi connectivity index (χ0) is 9.84. The number of carbonyl (C=O) groups excluding carboxylic acids is 1. The van der Waals surface area contributed by atoms with E-state index in [2.05, 4.69) is 5.32 Å². The monoisotopic (exact) mass is 197 g/mol. The number of rotatable bonds is 2. The van der Waals surface area contributed by atoms with Crippen LogP contribution >= 0.6 is 11.6 Å². The summed E-state index contributed by atoms with van der Waals surface area (Å²) >= 11 is 5.85. The zero-order valence-corrected chi connectivity index (χ0v) is 8.48. The lowest BCUT2D eigenvalue weighted by Gasteiger charge is -2.03. The number of halogens is 1. The molecule has 0 aliphatic carbocycles. The molecule has 1 aromatic carbocycles. The van der Waals surface area contributed by atoms with Crippen molar-refractivity contribution in [1.29, 1.82) is 0 Å². The smallest absolute Gasteiger partial charge is 0.251 e. The van der Waals surface area contributed by atoms with Crippen LogP contribution in [0.25, 0.3) is 0 Å². The van der Waals surface area contributed by atoms with E-state index in [0.717, 1.165) is 12.0 Å². The zero-order valence-electron chi connectivity index (χ0n) is 7.73. The van der Waals surface area contributed by atoms with Gasteiger partial charge >= 0.3 is 0 Å². The van der Waals surface area contributed by atoms with Crippen LogP contribution in [-0.2, 0) is 6.42 Å². The fourth-order valence-corrected chi connectivity index (χ4v) is 1.39. The summed E-state index contributed by atoms with van der Waals surface area (Å²) in [6.45, 7) is 2.03. The average Bonchev–Trinajstić information content (AvgIpc) is 2.15. The molecule has 0 radical (unpaired) electrons. The van der Waals surface area contributed by atoms with E-state index in [1.54, 1.807) is 13.1 Å². The van der Waals surface area contributed by atoms with E-state index in [4.69, 9.17) is 11.6 Å². The third kappa shape index (κ3) is 2.46. The molecule has 0 fully saturated rings. The second-order valence-electron chi connectivity index (χ2n) is 2.78. The lowest BCUT2D eigenvalue weighted by atomic mass is 10.1. The van der Waals surface area contributed by atoms with E-state index in [1.165, 1.54) is 0 Å². The molecule has 13 heavy (non-hydrogen) atoms. The first-order chi connectivity index (χ1) is 6.17. The summed E-state index contributed by atoms with van der Waals surface area (Å²) in [5.41, 5.74) is 1.69. The highest BCUT2D eigenvalue weighted by molar-refractivity contribution is 6.31. The van der Waals surface area contributed by atoms with Gasteiger partial charge in [-0.1, -0.05) is 18.5 Å². The lowest BCUT2D eigenvalue weighted by Crippen LogP contribution is -2.17. The topological polar surface area (TPSA) is 29.1 Å². The Morgan fingerprint density at radius 3 is 2.69 bits per heavy atom. The van der Waals surface area contributed by atoms with Crippen LogP contribution < -0.4 is 5.32 Å². The van der Waals surface area contributed by atoms with Gasteiger partial charge in [-0.2, -0.15) is 0 Å².